The summed E-state index contributed by atoms with van der Waals surface area (Å²) >= 11 is 8.03. The summed E-state index contributed by atoms with van der Waals surface area (Å²) in [5.41, 5.74) is 0.949. The quantitative estimate of drug-likeness (QED) is 0.505. The van der Waals surface area contributed by atoms with Crippen molar-refractivity contribution in [2.24, 2.45) is 0 Å². The Balaban J connectivity index is 1.66. The first kappa shape index (κ1) is 14.2. The van der Waals surface area contributed by atoms with Crippen LogP contribution in [-0.4, -0.2) is 10.1 Å². The maximum Gasteiger partial charge on any atom is 0.249 e. The zero-order valence-corrected chi connectivity index (χ0v) is 12.7. The molecule has 1 aromatic heterocycles. The number of rotatable bonds is 5. The van der Waals surface area contributed by atoms with Crippen LogP contribution in [0.15, 0.2) is 70.1 Å². The Morgan fingerprint density at radius 2 is 1.67 bits per heavy atom. The van der Waals surface area contributed by atoms with Gasteiger partial charge in [-0.1, -0.05) is 53.7 Å². The van der Waals surface area contributed by atoms with Gasteiger partial charge in [0, 0.05) is 4.90 Å². The van der Waals surface area contributed by atoms with E-state index in [0.717, 1.165) is 5.56 Å². The summed E-state index contributed by atoms with van der Waals surface area (Å²) in [7, 11) is 0. The van der Waals surface area contributed by atoms with Crippen LogP contribution in [0, 0.1) is 0 Å². The van der Waals surface area contributed by atoms with Crippen molar-refractivity contribution in [3.8, 4) is 0 Å². The molecule has 0 aliphatic rings. The molecule has 0 spiro atoms. The molecule has 3 rings (SSSR count). The summed E-state index contributed by atoms with van der Waals surface area (Å²) < 4.78 is 5.26. The van der Waals surface area contributed by atoms with Gasteiger partial charge in [0.25, 0.3) is 0 Å². The van der Waals surface area contributed by atoms with Crippen molar-refractivity contribution in [2.75, 3.05) is 0 Å². The van der Waals surface area contributed by atoms with Crippen LogP contribution in [-0.2, 0) is 5.75 Å². The van der Waals surface area contributed by atoms with E-state index in [2.05, 4.69) is 22.3 Å². The number of hydrogen-bond acceptors (Lipinski definition) is 4. The van der Waals surface area contributed by atoms with Crippen LogP contribution in [0.2, 0.25) is 0 Å². The normalized spacial score (nSPS) is 12.2. The molecule has 0 amide bonds. The van der Waals surface area contributed by atoms with Crippen molar-refractivity contribution in [3.63, 3.8) is 0 Å². The van der Waals surface area contributed by atoms with Gasteiger partial charge >= 0.3 is 0 Å². The monoisotopic (exact) mass is 316 g/mol. The van der Waals surface area contributed by atoms with Crippen molar-refractivity contribution < 1.29 is 4.52 Å². The van der Waals surface area contributed by atoms with Gasteiger partial charge in [-0.05, 0) is 17.7 Å². The number of alkyl halides is 1. The maximum atomic E-state index is 6.36. The van der Waals surface area contributed by atoms with E-state index in [4.69, 9.17) is 16.1 Å². The molecule has 0 aliphatic carbocycles. The molecule has 1 heterocycles. The Morgan fingerprint density at radius 3 is 2.38 bits per heavy atom. The Bertz CT molecular complexity index is 688. The van der Waals surface area contributed by atoms with Crippen molar-refractivity contribution in [3.05, 3.63) is 77.9 Å². The highest BCUT2D eigenvalue weighted by Crippen LogP contribution is 2.28. The Morgan fingerprint density at radius 1 is 1.00 bits per heavy atom. The molecule has 0 N–H and O–H groups in total. The van der Waals surface area contributed by atoms with Crippen LogP contribution in [0.5, 0.6) is 0 Å². The second-order valence-electron chi connectivity index (χ2n) is 4.42. The van der Waals surface area contributed by atoms with Crippen LogP contribution in [0.1, 0.15) is 22.7 Å². The average Bonchev–Trinajstić information content (AvgIpc) is 3.03. The van der Waals surface area contributed by atoms with Gasteiger partial charge in [0.15, 0.2) is 5.82 Å². The number of thioether (sulfide) groups is 1. The molecule has 106 valence electrons. The minimum Gasteiger partial charge on any atom is -0.337 e. The van der Waals surface area contributed by atoms with Crippen molar-refractivity contribution >= 4 is 23.4 Å². The minimum absolute atomic E-state index is 0.408. The number of benzene rings is 2. The number of hydrogen-bond donors (Lipinski definition) is 0. The number of nitrogens with zero attached hydrogens (tertiary/aromatic N) is 2. The second kappa shape index (κ2) is 6.78. The molecule has 1 atom stereocenters. The van der Waals surface area contributed by atoms with Crippen molar-refractivity contribution in [1.29, 1.82) is 0 Å². The van der Waals surface area contributed by atoms with Crippen molar-refractivity contribution in [2.45, 2.75) is 16.0 Å². The van der Waals surface area contributed by atoms with Gasteiger partial charge in [0.2, 0.25) is 5.89 Å². The lowest BCUT2D eigenvalue weighted by Crippen LogP contribution is -1.93. The lowest BCUT2D eigenvalue weighted by molar-refractivity contribution is 0.378. The zero-order valence-electron chi connectivity index (χ0n) is 11.1. The van der Waals surface area contributed by atoms with E-state index in [1.54, 1.807) is 11.8 Å². The van der Waals surface area contributed by atoms with E-state index in [-0.39, 0.29) is 0 Å². The summed E-state index contributed by atoms with van der Waals surface area (Å²) in [5.74, 6) is 1.75. The largest absolute Gasteiger partial charge is 0.337 e. The highest BCUT2D eigenvalue weighted by molar-refractivity contribution is 7.98. The Hall–Kier alpha value is -1.78. The summed E-state index contributed by atoms with van der Waals surface area (Å²) in [6.07, 6.45) is 0. The molecule has 0 saturated heterocycles. The lowest BCUT2D eigenvalue weighted by Gasteiger charge is -2.03. The van der Waals surface area contributed by atoms with E-state index in [1.807, 2.05) is 48.5 Å². The topological polar surface area (TPSA) is 38.9 Å². The summed E-state index contributed by atoms with van der Waals surface area (Å²) in [6, 6.07) is 19.8. The second-order valence-corrected chi connectivity index (χ2v) is 5.91. The van der Waals surface area contributed by atoms with Crippen molar-refractivity contribution in [1.82, 2.24) is 10.1 Å². The zero-order chi connectivity index (χ0) is 14.5. The molecule has 21 heavy (non-hydrogen) atoms. The van der Waals surface area contributed by atoms with E-state index >= 15 is 0 Å². The molecular weight excluding hydrogens is 304 g/mol. The predicted molar refractivity (Wildman–Crippen MR) is 84.4 cm³/mol. The van der Waals surface area contributed by atoms with Gasteiger partial charge in [0.05, 0.1) is 5.75 Å². The summed E-state index contributed by atoms with van der Waals surface area (Å²) in [6.45, 7) is 0. The standard InChI is InChI=1S/C16H13ClN2OS/c17-15(12-7-3-1-4-8-12)16-18-14(19-20-16)11-21-13-9-5-2-6-10-13/h1-10,15H,11H2. The lowest BCUT2D eigenvalue weighted by atomic mass is 10.1. The first-order chi connectivity index (χ1) is 10.3. The fourth-order valence-electron chi connectivity index (χ4n) is 1.86. The van der Waals surface area contributed by atoms with Gasteiger partial charge in [-0.15, -0.1) is 23.4 Å². The first-order valence-electron chi connectivity index (χ1n) is 6.52. The van der Waals surface area contributed by atoms with Crippen LogP contribution in [0.4, 0.5) is 0 Å². The third-order valence-electron chi connectivity index (χ3n) is 2.90. The SMILES string of the molecule is ClC(c1ccccc1)c1nc(CSc2ccccc2)no1. The third kappa shape index (κ3) is 3.65. The minimum atomic E-state index is -0.408. The van der Waals surface area contributed by atoms with Crippen LogP contribution in [0.25, 0.3) is 0 Å². The van der Waals surface area contributed by atoms with E-state index < -0.39 is 5.38 Å². The van der Waals surface area contributed by atoms with Gasteiger partial charge in [-0.2, -0.15) is 4.98 Å². The molecule has 0 radical (unpaired) electrons. The molecule has 5 heteroatoms. The number of aromatic nitrogens is 2. The Kier molecular flexibility index (Phi) is 4.58. The fraction of sp³-hybridized carbons (Fsp3) is 0.125. The molecule has 0 bridgehead atoms. The molecule has 0 aliphatic heterocycles. The van der Waals surface area contributed by atoms with E-state index in [0.29, 0.717) is 17.5 Å². The van der Waals surface area contributed by atoms with Gasteiger partial charge in [-0.3, -0.25) is 0 Å². The molecule has 3 aromatic rings. The molecule has 2 aromatic carbocycles. The van der Waals surface area contributed by atoms with Gasteiger partial charge in [0.1, 0.15) is 5.38 Å². The first-order valence-corrected chi connectivity index (χ1v) is 7.94. The van der Waals surface area contributed by atoms with E-state index in [9.17, 15) is 0 Å². The van der Waals surface area contributed by atoms with E-state index in [1.165, 1.54) is 4.90 Å². The molecule has 1 unspecified atom stereocenters. The number of halogens is 1. The van der Waals surface area contributed by atoms with Crippen LogP contribution < -0.4 is 0 Å². The van der Waals surface area contributed by atoms with Gasteiger partial charge in [-0.25, -0.2) is 0 Å². The fourth-order valence-corrected chi connectivity index (χ4v) is 2.85. The smallest absolute Gasteiger partial charge is 0.249 e. The van der Waals surface area contributed by atoms with Gasteiger partial charge < -0.3 is 4.52 Å². The molecule has 3 nitrogen and oxygen atoms in total. The van der Waals surface area contributed by atoms with Crippen LogP contribution >= 0.6 is 23.4 Å². The van der Waals surface area contributed by atoms with Crippen LogP contribution in [0.3, 0.4) is 0 Å². The highest BCUT2D eigenvalue weighted by Gasteiger charge is 2.18. The average molecular weight is 317 g/mol. The summed E-state index contributed by atoms with van der Waals surface area (Å²) in [5, 5.41) is 3.58. The highest BCUT2D eigenvalue weighted by atomic mass is 35.5. The maximum absolute atomic E-state index is 6.36. The Labute approximate surface area is 132 Å². The predicted octanol–water partition coefficient (Wildman–Crippen LogP) is 4.69. The third-order valence-corrected chi connectivity index (χ3v) is 4.35. The molecule has 0 fully saturated rings. The molecular formula is C16H13ClN2OS. The molecule has 0 saturated carbocycles. The summed E-state index contributed by atoms with van der Waals surface area (Å²) in [4.78, 5) is 5.55.